The van der Waals surface area contributed by atoms with Crippen LogP contribution in [0.25, 0.3) is 6.08 Å². The van der Waals surface area contributed by atoms with E-state index in [1.165, 1.54) is 10.4 Å². The summed E-state index contributed by atoms with van der Waals surface area (Å²) < 4.78 is 47.5. The number of sulfonamides is 1. The monoisotopic (exact) mass is 655 g/mol. The van der Waals surface area contributed by atoms with Gasteiger partial charge in [0.15, 0.2) is 11.5 Å². The summed E-state index contributed by atoms with van der Waals surface area (Å²) >= 11 is 0. The number of amides is 1. The summed E-state index contributed by atoms with van der Waals surface area (Å²) in [5, 5.41) is 12.9. The number of methoxy groups -OCH3 is 1. The number of furan rings is 1. The van der Waals surface area contributed by atoms with E-state index in [1.807, 2.05) is 31.1 Å². The van der Waals surface area contributed by atoms with Gasteiger partial charge in [0.1, 0.15) is 6.10 Å². The van der Waals surface area contributed by atoms with Crippen molar-refractivity contribution in [3.8, 4) is 11.5 Å². The van der Waals surface area contributed by atoms with Crippen LogP contribution in [0.15, 0.2) is 70.4 Å². The Bertz CT molecular complexity index is 1740. The van der Waals surface area contributed by atoms with Crippen LogP contribution in [0, 0.1) is 0 Å². The molecule has 2 aliphatic heterocycles. The molecule has 240 valence electrons. The topological polar surface area (TPSA) is 113 Å². The Morgan fingerprint density at radius 3 is 2.53 bits per heavy atom. The number of benzene rings is 2. The van der Waals surface area contributed by atoms with Gasteiger partial charge < -0.3 is 28.8 Å². The molecule has 3 heterocycles. The van der Waals surface area contributed by atoms with E-state index in [0.717, 1.165) is 22.4 Å². The largest absolute Gasteiger partial charge is 0.493 e. The molecule has 2 bridgehead atoms. The highest BCUT2D eigenvalue weighted by Crippen LogP contribution is 2.66. The highest BCUT2D eigenvalue weighted by molar-refractivity contribution is 7.89. The lowest BCUT2D eigenvalue weighted by Gasteiger charge is -2.64. The molecule has 3 aromatic rings. The lowest BCUT2D eigenvalue weighted by Crippen LogP contribution is -2.78. The number of rotatable bonds is 7. The normalized spacial score (nSPS) is 28.2. The van der Waals surface area contributed by atoms with Crippen LogP contribution in [0.1, 0.15) is 36.0 Å². The lowest BCUT2D eigenvalue weighted by atomic mass is 9.48. The van der Waals surface area contributed by atoms with E-state index >= 15 is 0 Å². The number of carbonyl (C=O) groups excluding carboxylic acids is 1. The summed E-state index contributed by atoms with van der Waals surface area (Å²) in [5.41, 5.74) is 1.19. The Kier molecular flexibility index (Phi) is 7.75. The number of ether oxygens (including phenoxy) is 2. The predicted molar refractivity (Wildman–Crippen MR) is 172 cm³/mol. The Balaban J connectivity index is 0.00000357. The van der Waals surface area contributed by atoms with Gasteiger partial charge in [0.2, 0.25) is 15.9 Å². The number of anilines is 1. The number of carbonyl (C=O) groups is 1. The average Bonchev–Trinajstić information content (AvgIpc) is 3.65. The quantitative estimate of drug-likeness (QED) is 0.382. The molecule has 2 fully saturated rings. The van der Waals surface area contributed by atoms with Gasteiger partial charge in [0.25, 0.3) is 0 Å². The van der Waals surface area contributed by atoms with Crippen molar-refractivity contribution < 1.29 is 32.2 Å². The summed E-state index contributed by atoms with van der Waals surface area (Å²) in [4.78, 5) is 17.2. The first-order valence-electron chi connectivity index (χ1n) is 14.9. The van der Waals surface area contributed by atoms with E-state index in [1.54, 1.807) is 68.0 Å². The summed E-state index contributed by atoms with van der Waals surface area (Å²) in [5.74, 6) is 0.958. The first kappa shape index (κ1) is 31.5. The number of piperidine rings is 1. The van der Waals surface area contributed by atoms with Crippen LogP contribution in [0.4, 0.5) is 5.69 Å². The van der Waals surface area contributed by atoms with Crippen molar-refractivity contribution in [2.24, 2.45) is 0 Å². The fraction of sp³-hybridized carbons (Fsp3) is 0.424. The van der Waals surface area contributed by atoms with Crippen LogP contribution in [0.5, 0.6) is 11.5 Å². The highest BCUT2D eigenvalue weighted by atomic mass is 35.5. The number of hydrogen-bond donors (Lipinski definition) is 1. The van der Waals surface area contributed by atoms with Gasteiger partial charge in [0.05, 0.1) is 47.6 Å². The molecule has 1 saturated carbocycles. The van der Waals surface area contributed by atoms with Crippen molar-refractivity contribution in [2.45, 2.75) is 59.8 Å². The number of hydrogen-bond acceptors (Lipinski definition) is 8. The van der Waals surface area contributed by atoms with E-state index in [0.29, 0.717) is 37.2 Å². The molecule has 0 radical (unpaired) electrons. The Labute approximate surface area is 269 Å². The summed E-state index contributed by atoms with van der Waals surface area (Å²) in [6.45, 7) is 0.214. The van der Waals surface area contributed by atoms with Crippen molar-refractivity contribution in [3.05, 3.63) is 77.8 Å². The van der Waals surface area contributed by atoms with E-state index in [2.05, 4.69) is 0 Å². The zero-order valence-corrected chi connectivity index (χ0v) is 27.3. The number of likely N-dealkylation sites (N-methyl/N-ethyl adjacent to an activating group) is 1. The third-order valence-corrected chi connectivity index (χ3v) is 12.3. The molecule has 0 unspecified atom stereocenters. The maximum Gasteiger partial charge on any atom is 0.246 e. The van der Waals surface area contributed by atoms with Crippen LogP contribution >= 0.6 is 12.4 Å². The summed E-state index contributed by atoms with van der Waals surface area (Å²) in [6.07, 6.45) is 7.19. The maximum atomic E-state index is 14.2. The van der Waals surface area contributed by atoms with Gasteiger partial charge in [-0.05, 0) is 73.7 Å². The zero-order valence-electron chi connectivity index (χ0n) is 25.7. The lowest BCUT2D eigenvalue weighted by molar-refractivity contribution is -0.186. The molecule has 4 aliphatic rings. The first-order chi connectivity index (χ1) is 21.0. The van der Waals surface area contributed by atoms with Crippen LogP contribution in [-0.4, -0.2) is 87.2 Å². The van der Waals surface area contributed by atoms with Crippen molar-refractivity contribution in [1.82, 2.24) is 9.21 Å². The predicted octanol–water partition coefficient (Wildman–Crippen LogP) is 3.86. The molecule has 7 rings (SSSR count). The van der Waals surface area contributed by atoms with Gasteiger partial charge in [-0.1, -0.05) is 6.07 Å². The van der Waals surface area contributed by atoms with Gasteiger partial charge >= 0.3 is 0 Å². The van der Waals surface area contributed by atoms with E-state index < -0.39 is 33.2 Å². The third kappa shape index (κ3) is 4.42. The minimum absolute atomic E-state index is 0. The molecule has 2 aliphatic carbocycles. The number of halogens is 1. The summed E-state index contributed by atoms with van der Waals surface area (Å²) in [7, 11) is 3.23. The van der Waals surface area contributed by atoms with Gasteiger partial charge in [-0.25, -0.2) is 8.42 Å². The van der Waals surface area contributed by atoms with Gasteiger partial charge in [0, 0.05) is 50.6 Å². The van der Waals surface area contributed by atoms with Gasteiger partial charge in [-0.2, -0.15) is 4.31 Å². The second-order valence-electron chi connectivity index (χ2n) is 12.5. The first-order valence-corrected chi connectivity index (χ1v) is 16.3. The SMILES string of the molecule is COc1ccc2c3c1O[C@H]1[C@H](N(C)C(=O)/C=C/c4ccoc4)CC[C@@]4(O)[C@@H](C2)N(S(=O)(=O)c2ccc(N(C)C)cc2)CC[C@]314.Cl. The minimum atomic E-state index is -3.93. The van der Waals surface area contributed by atoms with Crippen molar-refractivity contribution in [3.63, 3.8) is 0 Å². The molecule has 2 aromatic carbocycles. The van der Waals surface area contributed by atoms with Crippen LogP contribution in [0.3, 0.4) is 0 Å². The van der Waals surface area contributed by atoms with E-state index in [9.17, 15) is 18.3 Å². The Morgan fingerprint density at radius 1 is 1.11 bits per heavy atom. The van der Waals surface area contributed by atoms with Crippen molar-refractivity contribution >= 4 is 40.1 Å². The second-order valence-corrected chi connectivity index (χ2v) is 14.4. The minimum Gasteiger partial charge on any atom is -0.493 e. The molecule has 1 aromatic heterocycles. The fourth-order valence-electron chi connectivity index (χ4n) is 8.18. The molecule has 45 heavy (non-hydrogen) atoms. The fourth-order valence-corrected chi connectivity index (χ4v) is 9.85. The molecule has 12 heteroatoms. The smallest absolute Gasteiger partial charge is 0.246 e. The van der Waals surface area contributed by atoms with Gasteiger partial charge in [-0.15, -0.1) is 12.4 Å². The van der Waals surface area contributed by atoms with E-state index in [-0.39, 0.29) is 35.8 Å². The van der Waals surface area contributed by atoms with Crippen LogP contribution in [0.2, 0.25) is 0 Å². The Morgan fingerprint density at radius 2 is 1.87 bits per heavy atom. The number of aliphatic hydroxyl groups is 1. The molecule has 5 atom stereocenters. The Hall–Kier alpha value is -3.51. The van der Waals surface area contributed by atoms with E-state index in [4.69, 9.17) is 13.9 Å². The molecule has 1 N–H and O–H groups in total. The maximum absolute atomic E-state index is 14.2. The zero-order chi connectivity index (χ0) is 31.0. The van der Waals surface area contributed by atoms with Crippen LogP contribution < -0.4 is 14.4 Å². The second kappa shape index (κ2) is 11.1. The molecular weight excluding hydrogens is 618 g/mol. The standard InChI is InChI=1S/C33H37N3O7S.ClH/c1-34(2)23-7-9-24(10-8-23)44(39,40)36-17-16-32-29-22-6-11-26(41-4)30(29)43-31(32)25(13-15-33(32,38)27(36)19-22)35(3)28(37)12-5-21-14-18-42-20-21;/h5-12,14,18,20,25,27,31,38H,13,15-17,19H2,1-4H3;1H/b12-5+;/t25-,27-,31+,32+,33-;/m1./s1. The average molecular weight is 656 g/mol. The van der Waals surface area contributed by atoms with Gasteiger partial charge in [-0.3, -0.25) is 4.79 Å². The molecule has 1 amide bonds. The third-order valence-electron chi connectivity index (χ3n) is 10.4. The highest BCUT2D eigenvalue weighted by Gasteiger charge is 2.74. The summed E-state index contributed by atoms with van der Waals surface area (Å²) in [6, 6.07) is 11.4. The van der Waals surface area contributed by atoms with Crippen molar-refractivity contribution in [2.75, 3.05) is 39.7 Å². The number of nitrogens with zero attached hydrogens (tertiary/aromatic N) is 3. The molecular formula is C33H38ClN3O7S. The molecule has 10 nitrogen and oxygen atoms in total. The van der Waals surface area contributed by atoms with Crippen molar-refractivity contribution in [1.29, 1.82) is 0 Å². The van der Waals surface area contributed by atoms with Crippen LogP contribution in [-0.2, 0) is 26.7 Å². The molecule has 1 saturated heterocycles. The molecule has 1 spiro atoms.